The maximum Gasteiger partial charge on any atom is 0.287 e. The van der Waals surface area contributed by atoms with Gasteiger partial charge in [0.2, 0.25) is 0 Å². The minimum atomic E-state index is -0.257. The predicted octanol–water partition coefficient (Wildman–Crippen LogP) is 2.96. The van der Waals surface area contributed by atoms with E-state index in [1.807, 2.05) is 24.3 Å². The summed E-state index contributed by atoms with van der Waals surface area (Å²) in [5, 5.41) is 2.77. The highest BCUT2D eigenvalue weighted by molar-refractivity contribution is 6.16. The van der Waals surface area contributed by atoms with E-state index in [0.717, 1.165) is 11.3 Å². The van der Waals surface area contributed by atoms with E-state index in [0.29, 0.717) is 12.3 Å². The molecule has 0 saturated heterocycles. The van der Waals surface area contributed by atoms with Gasteiger partial charge in [-0.05, 0) is 29.8 Å². The Morgan fingerprint density at radius 1 is 1.26 bits per heavy atom. The molecule has 0 fully saturated rings. The normalized spacial score (nSPS) is 10.2. The summed E-state index contributed by atoms with van der Waals surface area (Å²) in [6.45, 7) is 0.430. The van der Waals surface area contributed by atoms with Crippen LogP contribution in [0.4, 0.5) is 0 Å². The summed E-state index contributed by atoms with van der Waals surface area (Å²) in [5.74, 6) is 1.63. The second-order valence-corrected chi connectivity index (χ2v) is 4.20. The summed E-state index contributed by atoms with van der Waals surface area (Å²) in [4.78, 5) is 11.8. The summed E-state index contributed by atoms with van der Waals surface area (Å²) in [7, 11) is 1.61. The molecule has 2 rings (SSSR count). The van der Waals surface area contributed by atoms with Gasteiger partial charge in [-0.15, -0.1) is 11.6 Å². The molecule has 0 aliphatic heterocycles. The number of amides is 1. The highest BCUT2D eigenvalue weighted by atomic mass is 35.5. The van der Waals surface area contributed by atoms with E-state index in [2.05, 4.69) is 5.32 Å². The van der Waals surface area contributed by atoms with Crippen molar-refractivity contribution in [3.63, 3.8) is 0 Å². The lowest BCUT2D eigenvalue weighted by Gasteiger charge is -2.04. The Morgan fingerprint density at radius 3 is 2.58 bits per heavy atom. The fourth-order valence-electron chi connectivity index (χ4n) is 1.58. The van der Waals surface area contributed by atoms with Crippen LogP contribution in [-0.4, -0.2) is 13.0 Å². The molecule has 0 aliphatic carbocycles. The van der Waals surface area contributed by atoms with Crippen LogP contribution in [0.1, 0.15) is 21.9 Å². The van der Waals surface area contributed by atoms with E-state index >= 15 is 0 Å². The van der Waals surface area contributed by atoms with Crippen LogP contribution in [0.5, 0.6) is 5.75 Å². The van der Waals surface area contributed by atoms with Crippen LogP contribution < -0.4 is 10.1 Å². The predicted molar refractivity (Wildman–Crippen MR) is 72.4 cm³/mol. The lowest BCUT2D eigenvalue weighted by molar-refractivity contribution is 0.0921. The number of nitrogens with one attached hydrogen (secondary N) is 1. The average molecular weight is 280 g/mol. The Balaban J connectivity index is 1.92. The molecule has 0 radical (unpaired) electrons. The molecule has 1 aromatic heterocycles. The van der Waals surface area contributed by atoms with E-state index in [4.69, 9.17) is 20.8 Å². The van der Waals surface area contributed by atoms with Gasteiger partial charge in [0.25, 0.3) is 5.91 Å². The Labute approximate surface area is 116 Å². The standard InChI is InChI=1S/C14H14ClNO3/c1-18-11-4-2-10(3-5-11)9-16-14(17)13-7-6-12(8-15)19-13/h2-7H,8-9H2,1H3,(H,16,17). The Morgan fingerprint density at radius 2 is 2.00 bits per heavy atom. The quantitative estimate of drug-likeness (QED) is 0.856. The van der Waals surface area contributed by atoms with Gasteiger partial charge in [-0.1, -0.05) is 12.1 Å². The summed E-state index contributed by atoms with van der Waals surface area (Å²) in [6.07, 6.45) is 0. The van der Waals surface area contributed by atoms with Crippen molar-refractivity contribution < 1.29 is 13.9 Å². The zero-order chi connectivity index (χ0) is 13.7. The fourth-order valence-corrected chi connectivity index (χ4v) is 1.73. The maximum absolute atomic E-state index is 11.8. The van der Waals surface area contributed by atoms with E-state index in [1.54, 1.807) is 19.2 Å². The van der Waals surface area contributed by atoms with Gasteiger partial charge in [0.1, 0.15) is 11.5 Å². The molecular weight excluding hydrogens is 266 g/mol. The van der Waals surface area contributed by atoms with Crippen molar-refractivity contribution in [1.82, 2.24) is 5.32 Å². The van der Waals surface area contributed by atoms with Crippen LogP contribution >= 0.6 is 11.6 Å². The highest BCUT2D eigenvalue weighted by Crippen LogP contribution is 2.12. The zero-order valence-electron chi connectivity index (χ0n) is 10.5. The third-order valence-corrected chi connectivity index (χ3v) is 2.89. The van der Waals surface area contributed by atoms with Gasteiger partial charge in [-0.25, -0.2) is 0 Å². The van der Waals surface area contributed by atoms with Crippen LogP contribution in [0.2, 0.25) is 0 Å². The molecule has 0 bridgehead atoms. The van der Waals surface area contributed by atoms with Crippen LogP contribution in [0.15, 0.2) is 40.8 Å². The molecule has 0 saturated carbocycles. The number of ether oxygens (including phenoxy) is 1. The van der Waals surface area contributed by atoms with Crippen molar-refractivity contribution in [3.8, 4) is 5.75 Å². The molecule has 1 N–H and O–H groups in total. The first-order valence-corrected chi connectivity index (χ1v) is 6.32. The summed E-state index contributed by atoms with van der Waals surface area (Å²) >= 11 is 5.61. The molecule has 0 unspecified atom stereocenters. The molecule has 1 amide bonds. The Bertz CT molecular complexity index is 548. The molecule has 1 aromatic carbocycles. The number of furan rings is 1. The number of carbonyl (C=O) groups excluding carboxylic acids is 1. The molecule has 0 spiro atoms. The SMILES string of the molecule is COc1ccc(CNC(=O)c2ccc(CCl)o2)cc1. The number of methoxy groups -OCH3 is 1. The molecular formula is C14H14ClNO3. The zero-order valence-corrected chi connectivity index (χ0v) is 11.2. The second-order valence-electron chi connectivity index (χ2n) is 3.93. The van der Waals surface area contributed by atoms with Crippen molar-refractivity contribution in [2.75, 3.05) is 7.11 Å². The number of hydrogen-bond donors (Lipinski definition) is 1. The molecule has 0 atom stereocenters. The lowest BCUT2D eigenvalue weighted by Crippen LogP contribution is -2.22. The topological polar surface area (TPSA) is 51.5 Å². The lowest BCUT2D eigenvalue weighted by atomic mass is 10.2. The monoisotopic (exact) mass is 279 g/mol. The Kier molecular flexibility index (Phi) is 4.47. The van der Waals surface area contributed by atoms with Crippen LogP contribution in [-0.2, 0) is 12.4 Å². The number of benzene rings is 1. The van der Waals surface area contributed by atoms with E-state index in [1.165, 1.54) is 0 Å². The number of halogens is 1. The van der Waals surface area contributed by atoms with Gasteiger partial charge in [0.05, 0.1) is 13.0 Å². The fraction of sp³-hybridized carbons (Fsp3) is 0.214. The highest BCUT2D eigenvalue weighted by Gasteiger charge is 2.10. The molecule has 4 nitrogen and oxygen atoms in total. The third-order valence-electron chi connectivity index (χ3n) is 2.63. The first-order valence-electron chi connectivity index (χ1n) is 5.78. The molecule has 0 aliphatic rings. The Hall–Kier alpha value is -1.94. The van der Waals surface area contributed by atoms with Gasteiger partial charge in [0, 0.05) is 6.54 Å². The molecule has 5 heteroatoms. The van der Waals surface area contributed by atoms with Crippen LogP contribution in [0, 0.1) is 0 Å². The van der Waals surface area contributed by atoms with Gasteiger partial charge < -0.3 is 14.5 Å². The molecule has 1 heterocycles. The van der Waals surface area contributed by atoms with Gasteiger partial charge in [0.15, 0.2) is 5.76 Å². The summed E-state index contributed by atoms with van der Waals surface area (Å²) in [5.41, 5.74) is 0.985. The van der Waals surface area contributed by atoms with E-state index in [9.17, 15) is 4.79 Å². The van der Waals surface area contributed by atoms with Gasteiger partial charge >= 0.3 is 0 Å². The minimum Gasteiger partial charge on any atom is -0.497 e. The first-order chi connectivity index (χ1) is 9.22. The van der Waals surface area contributed by atoms with Crippen molar-refractivity contribution in [3.05, 3.63) is 53.5 Å². The number of carbonyl (C=O) groups is 1. The minimum absolute atomic E-state index is 0.256. The largest absolute Gasteiger partial charge is 0.497 e. The number of hydrogen-bond acceptors (Lipinski definition) is 3. The summed E-state index contributed by atoms with van der Waals surface area (Å²) < 4.78 is 10.3. The van der Waals surface area contributed by atoms with Crippen molar-refractivity contribution in [1.29, 1.82) is 0 Å². The van der Waals surface area contributed by atoms with Crippen molar-refractivity contribution in [2.24, 2.45) is 0 Å². The smallest absolute Gasteiger partial charge is 0.287 e. The third kappa shape index (κ3) is 3.51. The first kappa shape index (κ1) is 13.5. The number of rotatable bonds is 5. The van der Waals surface area contributed by atoms with E-state index < -0.39 is 0 Å². The second kappa shape index (κ2) is 6.29. The molecule has 19 heavy (non-hydrogen) atoms. The average Bonchev–Trinajstić information content (AvgIpc) is 2.94. The van der Waals surface area contributed by atoms with Gasteiger partial charge in [-0.2, -0.15) is 0 Å². The van der Waals surface area contributed by atoms with Crippen molar-refractivity contribution in [2.45, 2.75) is 12.4 Å². The maximum atomic E-state index is 11.8. The number of alkyl halides is 1. The summed E-state index contributed by atoms with van der Waals surface area (Å²) in [6, 6.07) is 10.8. The van der Waals surface area contributed by atoms with Crippen LogP contribution in [0.3, 0.4) is 0 Å². The van der Waals surface area contributed by atoms with Gasteiger partial charge in [-0.3, -0.25) is 4.79 Å². The van der Waals surface area contributed by atoms with E-state index in [-0.39, 0.29) is 17.5 Å². The van der Waals surface area contributed by atoms with Crippen LogP contribution in [0.25, 0.3) is 0 Å². The molecule has 100 valence electrons. The van der Waals surface area contributed by atoms with Crippen molar-refractivity contribution >= 4 is 17.5 Å². The molecule has 2 aromatic rings.